The molecule has 1 rings (SSSR count). The molecule has 0 atom stereocenters. The van der Waals surface area contributed by atoms with E-state index in [4.69, 9.17) is 4.74 Å². The predicted molar refractivity (Wildman–Crippen MR) is 55.3 cm³/mol. The third kappa shape index (κ3) is 4.64. The summed E-state index contributed by atoms with van der Waals surface area (Å²) in [5, 5.41) is 2.49. The topological polar surface area (TPSA) is 55.4 Å². The van der Waals surface area contributed by atoms with Crippen molar-refractivity contribution in [2.75, 3.05) is 6.54 Å². The SMILES string of the molecule is O=C=CCCNC(=O)Oc1ccccc1. The molecule has 0 aliphatic carbocycles. The third-order valence-corrected chi connectivity index (χ3v) is 1.60. The molecule has 1 aromatic rings. The summed E-state index contributed by atoms with van der Waals surface area (Å²) in [6.07, 6.45) is 1.23. The fraction of sp³-hybridized carbons (Fsp3) is 0.182. The lowest BCUT2D eigenvalue weighted by atomic mass is 10.3. The second kappa shape index (κ2) is 6.40. The molecule has 0 spiro atoms. The van der Waals surface area contributed by atoms with Crippen LogP contribution in [0.3, 0.4) is 0 Å². The summed E-state index contributed by atoms with van der Waals surface area (Å²) in [7, 11) is 0. The molecule has 0 unspecified atom stereocenters. The minimum absolute atomic E-state index is 0.362. The molecule has 0 aromatic heterocycles. The van der Waals surface area contributed by atoms with Crippen LogP contribution in [0.2, 0.25) is 0 Å². The Morgan fingerprint density at radius 2 is 2.13 bits per heavy atom. The Labute approximate surface area is 87.6 Å². The Morgan fingerprint density at radius 3 is 2.80 bits per heavy atom. The fourth-order valence-corrected chi connectivity index (χ4v) is 0.937. The average Bonchev–Trinajstić information content (AvgIpc) is 2.26. The average molecular weight is 205 g/mol. The number of benzene rings is 1. The van der Waals surface area contributed by atoms with Gasteiger partial charge in [0.25, 0.3) is 0 Å². The van der Waals surface area contributed by atoms with Gasteiger partial charge in [0.1, 0.15) is 11.7 Å². The van der Waals surface area contributed by atoms with E-state index in [1.165, 1.54) is 6.08 Å². The number of para-hydroxylation sites is 1. The molecular formula is C11H11NO3. The number of ether oxygens (including phenoxy) is 1. The van der Waals surface area contributed by atoms with Gasteiger partial charge in [-0.1, -0.05) is 18.2 Å². The molecule has 0 saturated carbocycles. The van der Waals surface area contributed by atoms with E-state index in [0.717, 1.165) is 0 Å². The molecule has 15 heavy (non-hydrogen) atoms. The quantitative estimate of drug-likeness (QED) is 0.599. The van der Waals surface area contributed by atoms with E-state index in [1.54, 1.807) is 30.2 Å². The first-order valence-electron chi connectivity index (χ1n) is 4.53. The maximum atomic E-state index is 11.1. The highest BCUT2D eigenvalue weighted by Gasteiger charge is 2.01. The molecule has 0 radical (unpaired) electrons. The fourth-order valence-electron chi connectivity index (χ4n) is 0.937. The Bertz CT molecular complexity index is 355. The van der Waals surface area contributed by atoms with Crippen LogP contribution < -0.4 is 10.1 Å². The lowest BCUT2D eigenvalue weighted by Crippen LogP contribution is -2.27. The summed E-state index contributed by atoms with van der Waals surface area (Å²) < 4.78 is 4.93. The lowest BCUT2D eigenvalue weighted by Gasteiger charge is -2.04. The van der Waals surface area contributed by atoms with Crippen molar-refractivity contribution in [2.45, 2.75) is 6.42 Å². The number of hydrogen-bond donors (Lipinski definition) is 1. The first-order valence-corrected chi connectivity index (χ1v) is 4.53. The summed E-state index contributed by atoms with van der Waals surface area (Å²) in [5.74, 6) is 2.11. The van der Waals surface area contributed by atoms with E-state index in [0.29, 0.717) is 18.7 Å². The molecule has 1 N–H and O–H groups in total. The third-order valence-electron chi connectivity index (χ3n) is 1.60. The van der Waals surface area contributed by atoms with Crippen molar-refractivity contribution in [1.29, 1.82) is 0 Å². The first kappa shape index (κ1) is 11.0. The zero-order valence-corrected chi connectivity index (χ0v) is 8.10. The van der Waals surface area contributed by atoms with E-state index in [-0.39, 0.29) is 0 Å². The maximum Gasteiger partial charge on any atom is 0.412 e. The van der Waals surface area contributed by atoms with Crippen molar-refractivity contribution in [2.24, 2.45) is 0 Å². The van der Waals surface area contributed by atoms with Gasteiger partial charge < -0.3 is 10.1 Å². The van der Waals surface area contributed by atoms with E-state index >= 15 is 0 Å². The van der Waals surface area contributed by atoms with Gasteiger partial charge >= 0.3 is 6.09 Å². The predicted octanol–water partition coefficient (Wildman–Crippen LogP) is 1.55. The van der Waals surface area contributed by atoms with Crippen LogP contribution >= 0.6 is 0 Å². The lowest BCUT2D eigenvalue weighted by molar-refractivity contribution is 0.200. The van der Waals surface area contributed by atoms with Crippen LogP contribution in [0.4, 0.5) is 4.79 Å². The summed E-state index contributed by atoms with van der Waals surface area (Å²) in [6.45, 7) is 0.362. The van der Waals surface area contributed by atoms with Crippen LogP contribution in [0.25, 0.3) is 0 Å². The molecule has 0 heterocycles. The van der Waals surface area contributed by atoms with Crippen molar-refractivity contribution >= 4 is 12.0 Å². The van der Waals surface area contributed by atoms with Gasteiger partial charge in [0.05, 0.1) is 0 Å². The van der Waals surface area contributed by atoms with Crippen LogP contribution in [0.5, 0.6) is 5.75 Å². The van der Waals surface area contributed by atoms with Gasteiger partial charge in [-0.15, -0.1) is 0 Å². The van der Waals surface area contributed by atoms with Crippen molar-refractivity contribution in [1.82, 2.24) is 5.32 Å². The number of hydrogen-bond acceptors (Lipinski definition) is 3. The van der Waals surface area contributed by atoms with Crippen LogP contribution in [0.15, 0.2) is 36.4 Å². The maximum absolute atomic E-state index is 11.1. The highest BCUT2D eigenvalue weighted by molar-refractivity contribution is 5.70. The number of rotatable bonds is 4. The van der Waals surface area contributed by atoms with Gasteiger partial charge in [-0.05, 0) is 18.6 Å². The molecule has 1 aromatic carbocycles. The van der Waals surface area contributed by atoms with Gasteiger partial charge in [-0.3, -0.25) is 0 Å². The van der Waals surface area contributed by atoms with Gasteiger partial charge in [0.2, 0.25) is 0 Å². The van der Waals surface area contributed by atoms with Crippen molar-refractivity contribution in [3.05, 3.63) is 36.4 Å². The summed E-state index contributed by atoms with van der Waals surface area (Å²) in [5.41, 5.74) is 0. The molecule has 0 aliphatic heterocycles. The summed E-state index contributed by atoms with van der Waals surface area (Å²) in [6, 6.07) is 8.75. The van der Waals surface area contributed by atoms with Gasteiger partial charge in [-0.25, -0.2) is 9.59 Å². The number of amides is 1. The summed E-state index contributed by atoms with van der Waals surface area (Å²) >= 11 is 0. The smallest absolute Gasteiger partial charge is 0.410 e. The molecule has 0 bridgehead atoms. The highest BCUT2D eigenvalue weighted by atomic mass is 16.5. The second-order valence-electron chi connectivity index (χ2n) is 2.74. The van der Waals surface area contributed by atoms with Crippen molar-refractivity contribution < 1.29 is 14.3 Å². The Kier molecular flexibility index (Phi) is 4.70. The standard InChI is InChI=1S/C11H11NO3/c13-9-5-4-8-12-11(14)15-10-6-2-1-3-7-10/h1-3,5-7H,4,8H2,(H,12,14). The monoisotopic (exact) mass is 205 g/mol. The van der Waals surface area contributed by atoms with Crippen molar-refractivity contribution in [3.63, 3.8) is 0 Å². The first-order chi connectivity index (χ1) is 7.33. The van der Waals surface area contributed by atoms with E-state index in [1.807, 2.05) is 6.07 Å². The molecule has 78 valence electrons. The minimum atomic E-state index is -0.527. The Morgan fingerprint density at radius 1 is 1.40 bits per heavy atom. The van der Waals surface area contributed by atoms with Gasteiger partial charge in [0, 0.05) is 12.6 Å². The molecule has 0 fully saturated rings. The zero-order chi connectivity index (χ0) is 10.9. The molecule has 4 nitrogen and oxygen atoms in total. The van der Waals surface area contributed by atoms with E-state index in [2.05, 4.69) is 5.32 Å². The summed E-state index contributed by atoms with van der Waals surface area (Å²) in [4.78, 5) is 20.9. The Hall–Kier alpha value is -2.06. The largest absolute Gasteiger partial charge is 0.412 e. The molecule has 4 heteroatoms. The van der Waals surface area contributed by atoms with E-state index in [9.17, 15) is 9.59 Å². The second-order valence-corrected chi connectivity index (χ2v) is 2.74. The van der Waals surface area contributed by atoms with Gasteiger partial charge in [0.15, 0.2) is 0 Å². The molecule has 0 aliphatic rings. The van der Waals surface area contributed by atoms with Crippen LogP contribution in [0, 0.1) is 0 Å². The van der Waals surface area contributed by atoms with Gasteiger partial charge in [-0.2, -0.15) is 0 Å². The molecule has 1 amide bonds. The number of nitrogens with one attached hydrogen (secondary N) is 1. The molecular weight excluding hydrogens is 194 g/mol. The zero-order valence-electron chi connectivity index (χ0n) is 8.10. The molecule has 0 saturated heterocycles. The number of carbonyl (C=O) groups is 1. The van der Waals surface area contributed by atoms with Crippen LogP contribution in [-0.2, 0) is 4.79 Å². The van der Waals surface area contributed by atoms with E-state index < -0.39 is 6.09 Å². The Balaban J connectivity index is 2.27. The van der Waals surface area contributed by atoms with Crippen molar-refractivity contribution in [3.8, 4) is 5.75 Å². The highest BCUT2D eigenvalue weighted by Crippen LogP contribution is 2.07. The number of carbonyl (C=O) groups excluding carboxylic acids is 2. The normalized spacial score (nSPS) is 8.80. The van der Waals surface area contributed by atoms with Crippen LogP contribution in [-0.4, -0.2) is 18.6 Å². The van der Waals surface area contributed by atoms with Crippen LogP contribution in [0.1, 0.15) is 6.42 Å². The minimum Gasteiger partial charge on any atom is -0.410 e.